The van der Waals surface area contributed by atoms with Crippen molar-refractivity contribution in [3.05, 3.63) is 40.7 Å². The van der Waals surface area contributed by atoms with Crippen LogP contribution in [-0.4, -0.2) is 78.2 Å². The number of aryl methyl sites for hydroxylation is 1. The van der Waals surface area contributed by atoms with Crippen molar-refractivity contribution in [3.8, 4) is 0 Å². The summed E-state index contributed by atoms with van der Waals surface area (Å²) < 4.78 is 5.11. The number of furan rings is 1. The van der Waals surface area contributed by atoms with Crippen LogP contribution in [-0.2, 0) is 4.79 Å². The molecule has 0 saturated carbocycles. The smallest absolute Gasteiger partial charge is 0.291 e. The van der Waals surface area contributed by atoms with Crippen LogP contribution >= 0.6 is 11.3 Å². The summed E-state index contributed by atoms with van der Waals surface area (Å²) in [5.74, 6) is 0.0694. The first kappa shape index (κ1) is 21.6. The van der Waals surface area contributed by atoms with E-state index in [1.54, 1.807) is 12.1 Å². The molecule has 0 atom stereocenters. The Bertz CT molecular complexity index is 925. The minimum Gasteiger partial charge on any atom is -0.459 e. The van der Waals surface area contributed by atoms with E-state index >= 15 is 0 Å². The Morgan fingerprint density at radius 1 is 1.03 bits per heavy atom. The average Bonchev–Trinajstić information content (AvgIpc) is 3.44. The van der Waals surface area contributed by atoms with Gasteiger partial charge in [-0.1, -0.05) is 0 Å². The lowest BCUT2D eigenvalue weighted by Crippen LogP contribution is -2.52. The molecule has 0 aliphatic carbocycles. The summed E-state index contributed by atoms with van der Waals surface area (Å²) in [6, 6.07) is 5.06. The number of hydrogen-bond acceptors (Lipinski definition) is 6. The zero-order chi connectivity index (χ0) is 21.8. The van der Waals surface area contributed by atoms with Crippen LogP contribution in [0.4, 0.5) is 5.00 Å². The number of nitrogens with zero attached hydrogens (tertiary/aromatic N) is 3. The van der Waals surface area contributed by atoms with Gasteiger partial charge in [-0.2, -0.15) is 0 Å². The SMILES string of the molecule is Cc1cc(NC(=O)c2ccco2)sc1C(=O)N1CCN(CC(=O)N2CCCCC2)CC1. The lowest BCUT2D eigenvalue weighted by Gasteiger charge is -2.36. The third-order valence-electron chi connectivity index (χ3n) is 5.82. The minimum atomic E-state index is -0.336. The molecule has 0 bridgehead atoms. The van der Waals surface area contributed by atoms with Gasteiger partial charge in [0.25, 0.3) is 11.8 Å². The zero-order valence-electron chi connectivity index (χ0n) is 17.8. The number of amides is 3. The third kappa shape index (κ3) is 5.16. The Labute approximate surface area is 185 Å². The lowest BCUT2D eigenvalue weighted by molar-refractivity contribution is -0.133. The molecular formula is C22H28N4O4S. The topological polar surface area (TPSA) is 86.1 Å². The van der Waals surface area contributed by atoms with Crippen LogP contribution in [0.15, 0.2) is 28.9 Å². The van der Waals surface area contributed by atoms with E-state index in [0.717, 1.165) is 31.5 Å². The number of likely N-dealkylation sites (tertiary alicyclic amines) is 1. The van der Waals surface area contributed by atoms with Gasteiger partial charge in [0, 0.05) is 39.3 Å². The second kappa shape index (κ2) is 9.65. The first-order chi connectivity index (χ1) is 15.0. The van der Waals surface area contributed by atoms with E-state index < -0.39 is 0 Å². The number of piperidine rings is 1. The summed E-state index contributed by atoms with van der Waals surface area (Å²) in [7, 11) is 0. The molecule has 2 fully saturated rings. The molecule has 2 aromatic rings. The second-order valence-electron chi connectivity index (χ2n) is 8.06. The van der Waals surface area contributed by atoms with E-state index in [2.05, 4.69) is 10.2 Å². The highest BCUT2D eigenvalue weighted by Crippen LogP contribution is 2.28. The standard InChI is InChI=1S/C22H28N4O4S/c1-16-14-18(23-21(28)17-6-5-13-30-17)31-20(16)22(29)26-11-9-24(10-12-26)15-19(27)25-7-3-2-4-8-25/h5-6,13-14H,2-4,7-12,15H2,1H3,(H,23,28). The molecule has 8 nitrogen and oxygen atoms in total. The summed E-state index contributed by atoms with van der Waals surface area (Å²) in [6.45, 7) is 6.62. The van der Waals surface area contributed by atoms with Crippen LogP contribution in [0.5, 0.6) is 0 Å². The average molecular weight is 445 g/mol. The molecule has 31 heavy (non-hydrogen) atoms. The molecule has 2 aromatic heterocycles. The van der Waals surface area contributed by atoms with Gasteiger partial charge in [-0.15, -0.1) is 11.3 Å². The fourth-order valence-electron chi connectivity index (χ4n) is 4.02. The molecule has 9 heteroatoms. The summed E-state index contributed by atoms with van der Waals surface area (Å²) in [5.41, 5.74) is 0.840. The van der Waals surface area contributed by atoms with Crippen LogP contribution in [0.1, 0.15) is 45.1 Å². The summed E-state index contributed by atoms with van der Waals surface area (Å²) in [6.07, 6.45) is 4.85. The van der Waals surface area contributed by atoms with E-state index in [1.165, 1.54) is 24.0 Å². The van der Waals surface area contributed by atoms with Gasteiger partial charge < -0.3 is 19.5 Å². The number of rotatable bonds is 5. The second-order valence-corrected chi connectivity index (χ2v) is 9.12. The normalized spacial score (nSPS) is 17.6. The highest BCUT2D eigenvalue weighted by molar-refractivity contribution is 7.18. The predicted molar refractivity (Wildman–Crippen MR) is 118 cm³/mol. The van der Waals surface area contributed by atoms with Gasteiger partial charge >= 0.3 is 0 Å². The van der Waals surface area contributed by atoms with Crippen molar-refractivity contribution in [2.24, 2.45) is 0 Å². The zero-order valence-corrected chi connectivity index (χ0v) is 18.6. The number of thiophene rings is 1. The van der Waals surface area contributed by atoms with E-state index in [9.17, 15) is 14.4 Å². The molecule has 0 radical (unpaired) electrons. The van der Waals surface area contributed by atoms with Gasteiger partial charge in [-0.3, -0.25) is 19.3 Å². The van der Waals surface area contributed by atoms with Crippen molar-refractivity contribution in [3.63, 3.8) is 0 Å². The molecule has 166 valence electrons. The van der Waals surface area contributed by atoms with Crippen molar-refractivity contribution < 1.29 is 18.8 Å². The molecule has 0 spiro atoms. The van der Waals surface area contributed by atoms with Gasteiger partial charge in [0.1, 0.15) is 0 Å². The fraction of sp³-hybridized carbons (Fsp3) is 0.500. The van der Waals surface area contributed by atoms with Crippen LogP contribution in [0.25, 0.3) is 0 Å². The van der Waals surface area contributed by atoms with Crippen LogP contribution in [0.3, 0.4) is 0 Å². The van der Waals surface area contributed by atoms with E-state index in [4.69, 9.17) is 4.42 Å². The minimum absolute atomic E-state index is 0.0250. The van der Waals surface area contributed by atoms with Gasteiger partial charge in [-0.25, -0.2) is 0 Å². The Hall–Kier alpha value is -2.65. The quantitative estimate of drug-likeness (QED) is 0.766. The Balaban J connectivity index is 1.30. The molecule has 0 unspecified atom stereocenters. The molecule has 2 aliphatic rings. The van der Waals surface area contributed by atoms with Gasteiger partial charge in [0.15, 0.2) is 5.76 Å². The van der Waals surface area contributed by atoms with Gasteiger partial charge in [-0.05, 0) is 49.9 Å². The molecular weight excluding hydrogens is 416 g/mol. The first-order valence-electron chi connectivity index (χ1n) is 10.8. The maximum absolute atomic E-state index is 13.0. The molecule has 3 amide bonds. The predicted octanol–water partition coefficient (Wildman–Crippen LogP) is 2.67. The lowest BCUT2D eigenvalue weighted by atomic mass is 10.1. The van der Waals surface area contributed by atoms with Crippen molar-refractivity contribution in [1.82, 2.24) is 14.7 Å². The van der Waals surface area contributed by atoms with E-state index in [0.29, 0.717) is 42.6 Å². The Morgan fingerprint density at radius 3 is 2.45 bits per heavy atom. The monoisotopic (exact) mass is 444 g/mol. The third-order valence-corrected chi connectivity index (χ3v) is 6.96. The number of hydrogen-bond donors (Lipinski definition) is 1. The van der Waals surface area contributed by atoms with E-state index in [1.807, 2.05) is 22.8 Å². The molecule has 2 aliphatic heterocycles. The van der Waals surface area contributed by atoms with Crippen molar-refractivity contribution in [2.75, 3.05) is 51.1 Å². The summed E-state index contributed by atoms with van der Waals surface area (Å²) >= 11 is 1.28. The molecule has 4 heterocycles. The number of piperazine rings is 1. The Morgan fingerprint density at radius 2 is 1.77 bits per heavy atom. The summed E-state index contributed by atoms with van der Waals surface area (Å²) in [4.78, 5) is 44.3. The maximum atomic E-state index is 13.0. The number of nitrogens with one attached hydrogen (secondary N) is 1. The summed E-state index contributed by atoms with van der Waals surface area (Å²) in [5, 5.41) is 3.41. The van der Waals surface area contributed by atoms with Gasteiger partial charge in [0.05, 0.1) is 22.7 Å². The maximum Gasteiger partial charge on any atom is 0.291 e. The molecule has 1 N–H and O–H groups in total. The highest BCUT2D eigenvalue weighted by Gasteiger charge is 2.27. The Kier molecular flexibility index (Phi) is 6.72. The molecule has 2 saturated heterocycles. The van der Waals surface area contributed by atoms with Crippen LogP contribution in [0.2, 0.25) is 0 Å². The number of carbonyl (C=O) groups excluding carboxylic acids is 3. The number of carbonyl (C=O) groups is 3. The van der Waals surface area contributed by atoms with Gasteiger partial charge in [0.2, 0.25) is 5.91 Å². The molecule has 0 aromatic carbocycles. The fourth-order valence-corrected chi connectivity index (χ4v) is 5.06. The highest BCUT2D eigenvalue weighted by atomic mass is 32.1. The molecule has 4 rings (SSSR count). The van der Waals surface area contributed by atoms with E-state index in [-0.39, 0.29) is 23.5 Å². The van der Waals surface area contributed by atoms with Crippen molar-refractivity contribution in [2.45, 2.75) is 26.2 Å². The van der Waals surface area contributed by atoms with Crippen LogP contribution < -0.4 is 5.32 Å². The van der Waals surface area contributed by atoms with Crippen molar-refractivity contribution >= 4 is 34.1 Å². The largest absolute Gasteiger partial charge is 0.459 e. The van der Waals surface area contributed by atoms with Crippen LogP contribution in [0, 0.1) is 6.92 Å². The first-order valence-corrected chi connectivity index (χ1v) is 11.6. The van der Waals surface area contributed by atoms with Crippen molar-refractivity contribution in [1.29, 1.82) is 0 Å². The number of anilines is 1.